The molecule has 1 rings (SSSR count). The van der Waals surface area contributed by atoms with E-state index >= 15 is 0 Å². The molecule has 2 atom stereocenters. The predicted molar refractivity (Wildman–Crippen MR) is 84.4 cm³/mol. The molecule has 0 amide bonds. The van der Waals surface area contributed by atoms with Crippen molar-refractivity contribution in [2.75, 3.05) is 33.0 Å². The molecule has 0 spiro atoms. The van der Waals surface area contributed by atoms with Gasteiger partial charge in [-0.15, -0.1) is 0 Å². The molecule has 0 aromatic heterocycles. The van der Waals surface area contributed by atoms with Crippen molar-refractivity contribution in [3.05, 3.63) is 0 Å². The molecule has 0 aliphatic carbocycles. The second-order valence-electron chi connectivity index (χ2n) is 5.16. The van der Waals surface area contributed by atoms with E-state index in [2.05, 4.69) is 6.92 Å². The molecule has 1 saturated heterocycles. The number of ether oxygens (including phenoxy) is 2. The lowest BCUT2D eigenvalue weighted by Crippen LogP contribution is -2.46. The van der Waals surface area contributed by atoms with Crippen LogP contribution in [0, 0.1) is 0 Å². The monoisotopic (exact) mass is 320 g/mol. The normalized spacial score (nSPS) is 21.7. The largest absolute Gasteiger partial charge is 0.501 e. The first kappa shape index (κ1) is 19.1. The minimum Gasteiger partial charge on any atom is -0.379 e. The van der Waals surface area contributed by atoms with Gasteiger partial charge in [-0.2, -0.15) is 0 Å². The van der Waals surface area contributed by atoms with Gasteiger partial charge in [0.15, 0.2) is 0 Å². The predicted octanol–water partition coefficient (Wildman–Crippen LogP) is 3.01. The molecule has 2 unspecified atom stereocenters. The zero-order chi connectivity index (χ0) is 15.6. The van der Waals surface area contributed by atoms with E-state index < -0.39 is 8.80 Å². The van der Waals surface area contributed by atoms with Crippen LogP contribution in [0.15, 0.2) is 0 Å². The summed E-state index contributed by atoms with van der Waals surface area (Å²) in [6, 6.07) is 0.812. The van der Waals surface area contributed by atoms with E-state index in [9.17, 15) is 0 Å². The van der Waals surface area contributed by atoms with Crippen LogP contribution in [0.5, 0.6) is 0 Å². The summed E-state index contributed by atoms with van der Waals surface area (Å²) >= 11 is 0. The zero-order valence-electron chi connectivity index (χ0n) is 14.1. The van der Waals surface area contributed by atoms with Gasteiger partial charge in [-0.1, -0.05) is 13.3 Å². The van der Waals surface area contributed by atoms with Crippen LogP contribution in [-0.2, 0) is 22.8 Å². The van der Waals surface area contributed by atoms with Gasteiger partial charge >= 0.3 is 8.80 Å². The molecule has 0 aromatic carbocycles. The smallest absolute Gasteiger partial charge is 0.379 e. The first-order valence-corrected chi connectivity index (χ1v) is 10.3. The Morgan fingerprint density at radius 2 is 1.52 bits per heavy atom. The van der Waals surface area contributed by atoms with Crippen molar-refractivity contribution in [2.45, 2.75) is 65.2 Å². The maximum atomic E-state index is 5.81. The Hall–Kier alpha value is 0.0169. The zero-order valence-corrected chi connectivity index (χ0v) is 15.1. The van der Waals surface area contributed by atoms with Gasteiger partial charge in [0, 0.05) is 32.5 Å². The van der Waals surface area contributed by atoms with Crippen LogP contribution < -0.4 is 0 Å². The van der Waals surface area contributed by atoms with Crippen molar-refractivity contribution in [3.8, 4) is 0 Å². The lowest BCUT2D eigenvalue weighted by atomic mass is 10.2. The quantitative estimate of drug-likeness (QED) is 0.280. The van der Waals surface area contributed by atoms with Crippen molar-refractivity contribution in [2.24, 2.45) is 0 Å². The fraction of sp³-hybridized carbons (Fsp3) is 1.00. The molecular formula is C15H32O5Si. The van der Waals surface area contributed by atoms with Crippen molar-refractivity contribution >= 4 is 8.80 Å². The second-order valence-corrected chi connectivity index (χ2v) is 7.89. The third-order valence-electron chi connectivity index (χ3n) is 3.41. The number of epoxide rings is 1. The molecule has 1 aliphatic rings. The first-order valence-electron chi connectivity index (χ1n) is 8.36. The highest BCUT2D eigenvalue weighted by molar-refractivity contribution is 6.60. The van der Waals surface area contributed by atoms with Crippen molar-refractivity contribution in [1.82, 2.24) is 0 Å². The molecule has 0 radical (unpaired) electrons. The van der Waals surface area contributed by atoms with Gasteiger partial charge in [-0.25, -0.2) is 0 Å². The van der Waals surface area contributed by atoms with Crippen LogP contribution in [0.3, 0.4) is 0 Å². The maximum Gasteiger partial charge on any atom is 0.501 e. The summed E-state index contributed by atoms with van der Waals surface area (Å²) < 4.78 is 28.7. The molecule has 1 heterocycles. The number of hydrogen-bond donors (Lipinski definition) is 0. The molecule has 6 heteroatoms. The van der Waals surface area contributed by atoms with Gasteiger partial charge in [0.25, 0.3) is 0 Å². The van der Waals surface area contributed by atoms with Crippen LogP contribution in [-0.4, -0.2) is 54.0 Å². The van der Waals surface area contributed by atoms with Crippen LogP contribution in [0.2, 0.25) is 6.04 Å². The van der Waals surface area contributed by atoms with Crippen LogP contribution in [0.4, 0.5) is 0 Å². The summed E-state index contributed by atoms with van der Waals surface area (Å²) in [5.74, 6) is 0. The van der Waals surface area contributed by atoms with Gasteiger partial charge in [-0.3, -0.25) is 0 Å². The maximum absolute atomic E-state index is 5.81. The van der Waals surface area contributed by atoms with Gasteiger partial charge in [-0.05, 0) is 33.6 Å². The minimum atomic E-state index is -2.49. The number of rotatable bonds is 14. The van der Waals surface area contributed by atoms with Crippen LogP contribution in [0.25, 0.3) is 0 Å². The molecule has 0 saturated carbocycles. The summed E-state index contributed by atoms with van der Waals surface area (Å²) in [6.07, 6.45) is 3.96. The lowest BCUT2D eigenvalue weighted by molar-refractivity contribution is 0.0648. The van der Waals surface area contributed by atoms with E-state index in [1.54, 1.807) is 0 Å². The van der Waals surface area contributed by atoms with Crippen molar-refractivity contribution < 1.29 is 22.8 Å². The van der Waals surface area contributed by atoms with E-state index in [0.29, 0.717) is 45.2 Å². The fourth-order valence-electron chi connectivity index (χ4n) is 2.46. The van der Waals surface area contributed by atoms with Crippen molar-refractivity contribution in [3.63, 3.8) is 0 Å². The summed E-state index contributed by atoms with van der Waals surface area (Å²) in [7, 11) is -2.49. The summed E-state index contributed by atoms with van der Waals surface area (Å²) in [5.41, 5.74) is 0. The molecule has 21 heavy (non-hydrogen) atoms. The Morgan fingerprint density at radius 1 is 0.905 bits per heavy atom. The minimum absolute atomic E-state index is 0.317. The molecule has 126 valence electrons. The average Bonchev–Trinajstić information content (AvgIpc) is 3.18. The topological polar surface area (TPSA) is 49.5 Å². The van der Waals surface area contributed by atoms with Crippen LogP contribution in [0.1, 0.15) is 47.0 Å². The molecule has 0 bridgehead atoms. The van der Waals surface area contributed by atoms with E-state index in [1.165, 1.54) is 6.42 Å². The Bertz CT molecular complexity index is 247. The summed E-state index contributed by atoms with van der Waals surface area (Å²) in [6.45, 7) is 11.4. The lowest BCUT2D eigenvalue weighted by Gasteiger charge is -2.28. The SMILES string of the molecule is CCCC1OC1COCCC[Si](OCC)(OCC)OCC. The second kappa shape index (κ2) is 10.7. The molecule has 1 fully saturated rings. The molecule has 1 aliphatic heterocycles. The van der Waals surface area contributed by atoms with E-state index in [4.69, 9.17) is 22.8 Å². The Kier molecular flexibility index (Phi) is 9.71. The van der Waals surface area contributed by atoms with Gasteiger partial charge in [0.2, 0.25) is 0 Å². The average molecular weight is 321 g/mol. The number of hydrogen-bond acceptors (Lipinski definition) is 5. The third kappa shape index (κ3) is 7.21. The van der Waals surface area contributed by atoms with Gasteiger partial charge in [0.05, 0.1) is 12.7 Å². The Morgan fingerprint density at radius 3 is 2.05 bits per heavy atom. The highest BCUT2D eigenvalue weighted by Crippen LogP contribution is 2.26. The van der Waals surface area contributed by atoms with E-state index in [1.807, 2.05) is 20.8 Å². The van der Waals surface area contributed by atoms with E-state index in [0.717, 1.165) is 18.9 Å². The third-order valence-corrected chi connectivity index (χ3v) is 6.56. The van der Waals surface area contributed by atoms with E-state index in [-0.39, 0.29) is 0 Å². The Labute approximate surface area is 130 Å². The summed E-state index contributed by atoms with van der Waals surface area (Å²) in [4.78, 5) is 0. The molecule has 0 N–H and O–H groups in total. The molecular weight excluding hydrogens is 288 g/mol. The Balaban J connectivity index is 2.17. The standard InChI is InChI=1S/C15H32O5Si/c1-5-10-14-15(20-14)13-16-11-9-12-21(17-6-2,18-7-3)19-8-4/h14-15H,5-13H2,1-4H3. The highest BCUT2D eigenvalue weighted by atomic mass is 28.4. The van der Waals surface area contributed by atoms with Crippen molar-refractivity contribution in [1.29, 1.82) is 0 Å². The van der Waals surface area contributed by atoms with Gasteiger partial charge < -0.3 is 22.8 Å². The highest BCUT2D eigenvalue weighted by Gasteiger charge is 2.40. The molecule has 0 aromatic rings. The fourth-order valence-corrected chi connectivity index (χ4v) is 5.04. The van der Waals surface area contributed by atoms with Gasteiger partial charge in [0.1, 0.15) is 6.10 Å². The van der Waals surface area contributed by atoms with Crippen LogP contribution >= 0.6 is 0 Å². The first-order chi connectivity index (χ1) is 10.2. The molecule has 5 nitrogen and oxygen atoms in total. The summed E-state index contributed by atoms with van der Waals surface area (Å²) in [5, 5.41) is 0.